The van der Waals surface area contributed by atoms with Gasteiger partial charge in [-0.3, -0.25) is 0 Å². The van der Waals surface area contributed by atoms with Crippen LogP contribution in [0.2, 0.25) is 0 Å². The predicted octanol–water partition coefficient (Wildman–Crippen LogP) is 3.59. The minimum absolute atomic E-state index is 0.106. The Hall–Kier alpha value is -0.0800. The van der Waals surface area contributed by atoms with E-state index < -0.39 is 0 Å². The van der Waals surface area contributed by atoms with E-state index in [1.54, 1.807) is 0 Å². The zero-order valence-corrected chi connectivity index (χ0v) is 10.4. The monoisotopic (exact) mass is 202 g/mol. The van der Waals surface area contributed by atoms with Crippen LogP contribution in [0.5, 0.6) is 0 Å². The summed E-state index contributed by atoms with van der Waals surface area (Å²) in [6.45, 7) is 4.36. The molecule has 0 radical (unpaired) electrons. The molecule has 0 aliphatic carbocycles. The molecule has 0 aromatic heterocycles. The molecule has 86 valence electrons. The fourth-order valence-corrected chi connectivity index (χ4v) is 1.54. The van der Waals surface area contributed by atoms with Gasteiger partial charge in [0.05, 0.1) is 14.1 Å². The summed E-state index contributed by atoms with van der Waals surface area (Å²) in [7, 11) is 3.70. The van der Waals surface area contributed by atoms with Crippen LogP contribution in [0.25, 0.3) is 0 Å². The van der Waals surface area contributed by atoms with Crippen LogP contribution >= 0.6 is 0 Å². The Balaban J connectivity index is 3.28. The molecule has 1 unspecified atom stereocenters. The Labute approximate surface area is 89.5 Å². The fraction of sp³-hybridized carbons (Fsp3) is 1.00. The first-order valence-corrected chi connectivity index (χ1v) is 6.05. The maximum Gasteiger partial charge on any atom is 0.116 e. The highest BCUT2D eigenvalue weighted by Crippen LogP contribution is 2.13. The van der Waals surface area contributed by atoms with Crippen LogP contribution < -0.4 is 0 Å². The maximum absolute atomic E-state index is 9.66. The molecule has 1 N–H and O–H groups in total. The summed E-state index contributed by atoms with van der Waals surface area (Å²) in [4.78, 5) is 0. The summed E-state index contributed by atoms with van der Waals surface area (Å²) in [5.74, 6) is 0. The molecule has 0 amide bonds. The van der Waals surface area contributed by atoms with E-state index in [1.165, 1.54) is 38.5 Å². The average molecular weight is 202 g/mol. The minimum Gasteiger partial charge on any atom is -0.217 e. The SMILES string of the molecule is CCCCCCCCC(C)[N+](C)(C)O. The third-order valence-electron chi connectivity index (χ3n) is 3.05. The van der Waals surface area contributed by atoms with Crippen LogP contribution in [-0.2, 0) is 0 Å². The molecule has 2 nitrogen and oxygen atoms in total. The average Bonchev–Trinajstić information content (AvgIpc) is 2.09. The first kappa shape index (κ1) is 13.9. The zero-order chi connectivity index (χ0) is 11.0. The lowest BCUT2D eigenvalue weighted by Crippen LogP contribution is -2.43. The van der Waals surface area contributed by atoms with Gasteiger partial charge in [-0.15, -0.1) is 0 Å². The maximum atomic E-state index is 9.66. The summed E-state index contributed by atoms with van der Waals surface area (Å²) >= 11 is 0. The summed E-state index contributed by atoms with van der Waals surface area (Å²) in [5, 5.41) is 9.66. The van der Waals surface area contributed by atoms with Crippen LogP contribution in [0, 0.1) is 0 Å². The normalized spacial score (nSPS) is 14.4. The highest BCUT2D eigenvalue weighted by molar-refractivity contribution is 4.50. The van der Waals surface area contributed by atoms with Crippen molar-refractivity contribution in [2.75, 3.05) is 14.1 Å². The van der Waals surface area contributed by atoms with E-state index in [4.69, 9.17) is 0 Å². The molecule has 14 heavy (non-hydrogen) atoms. The second kappa shape index (κ2) is 7.24. The van der Waals surface area contributed by atoms with Crippen molar-refractivity contribution in [1.29, 1.82) is 0 Å². The summed E-state index contributed by atoms with van der Waals surface area (Å²) in [6.07, 6.45) is 9.14. The molecule has 0 rings (SSSR count). The molecule has 0 bridgehead atoms. The molecule has 0 aliphatic heterocycles. The second-order valence-electron chi connectivity index (χ2n) is 4.88. The topological polar surface area (TPSA) is 20.2 Å². The quantitative estimate of drug-likeness (QED) is 0.362. The van der Waals surface area contributed by atoms with Crippen LogP contribution in [0.3, 0.4) is 0 Å². The van der Waals surface area contributed by atoms with Gasteiger partial charge in [-0.05, 0) is 13.3 Å². The Morgan fingerprint density at radius 3 is 2.00 bits per heavy atom. The van der Waals surface area contributed by atoms with Crippen molar-refractivity contribution >= 4 is 0 Å². The first-order chi connectivity index (χ1) is 6.48. The van der Waals surface area contributed by atoms with Crippen molar-refractivity contribution in [1.82, 2.24) is 0 Å². The molecule has 1 atom stereocenters. The number of hydroxylamine groups is 3. The van der Waals surface area contributed by atoms with Gasteiger partial charge in [0.25, 0.3) is 0 Å². The summed E-state index contributed by atoms with van der Waals surface area (Å²) < 4.78 is 0.106. The van der Waals surface area contributed by atoms with Gasteiger partial charge in [0, 0.05) is 6.42 Å². The smallest absolute Gasteiger partial charge is 0.116 e. The van der Waals surface area contributed by atoms with Gasteiger partial charge in [-0.25, -0.2) is 5.21 Å². The van der Waals surface area contributed by atoms with Gasteiger partial charge in [-0.1, -0.05) is 39.0 Å². The second-order valence-corrected chi connectivity index (χ2v) is 4.88. The zero-order valence-electron chi connectivity index (χ0n) is 10.4. The summed E-state index contributed by atoms with van der Waals surface area (Å²) in [5.41, 5.74) is 0. The number of unbranched alkanes of at least 4 members (excludes halogenated alkanes) is 5. The van der Waals surface area contributed by atoms with Crippen molar-refractivity contribution < 1.29 is 9.85 Å². The van der Waals surface area contributed by atoms with E-state index in [9.17, 15) is 5.21 Å². The van der Waals surface area contributed by atoms with Crippen LogP contribution in [-0.4, -0.2) is 30.0 Å². The van der Waals surface area contributed by atoms with Gasteiger partial charge in [0.1, 0.15) is 6.04 Å². The minimum atomic E-state index is 0.106. The predicted molar refractivity (Wildman–Crippen MR) is 61.3 cm³/mol. The van der Waals surface area contributed by atoms with E-state index >= 15 is 0 Å². The fourth-order valence-electron chi connectivity index (χ4n) is 1.54. The van der Waals surface area contributed by atoms with E-state index in [2.05, 4.69) is 13.8 Å². The molecule has 0 fully saturated rings. The van der Waals surface area contributed by atoms with Crippen LogP contribution in [0.15, 0.2) is 0 Å². The Morgan fingerprint density at radius 2 is 1.50 bits per heavy atom. The largest absolute Gasteiger partial charge is 0.217 e. The van der Waals surface area contributed by atoms with Crippen molar-refractivity contribution in [2.24, 2.45) is 0 Å². The number of hydrogen-bond acceptors (Lipinski definition) is 1. The first-order valence-electron chi connectivity index (χ1n) is 6.05. The standard InChI is InChI=1S/C12H28NO/c1-5-6-7-8-9-10-11-12(2)13(3,4)14/h12,14H,5-11H2,1-4H3/q+1. The van der Waals surface area contributed by atoms with Crippen molar-refractivity contribution in [3.8, 4) is 0 Å². The van der Waals surface area contributed by atoms with Gasteiger partial charge in [0.15, 0.2) is 0 Å². The number of rotatable bonds is 8. The number of hydrogen-bond donors (Lipinski definition) is 1. The molecule has 0 aromatic carbocycles. The molecular formula is C12H28NO+. The van der Waals surface area contributed by atoms with Crippen molar-refractivity contribution in [3.05, 3.63) is 0 Å². The third kappa shape index (κ3) is 7.34. The van der Waals surface area contributed by atoms with E-state index in [0.29, 0.717) is 6.04 Å². The van der Waals surface area contributed by atoms with E-state index in [1.807, 2.05) is 14.1 Å². The lowest BCUT2D eigenvalue weighted by molar-refractivity contribution is -1.09. The summed E-state index contributed by atoms with van der Waals surface area (Å²) in [6, 6.07) is 0.362. The number of nitrogens with zero attached hydrogens (tertiary/aromatic N) is 1. The third-order valence-corrected chi connectivity index (χ3v) is 3.05. The molecule has 0 saturated carbocycles. The molecule has 0 saturated heterocycles. The van der Waals surface area contributed by atoms with Gasteiger partial charge < -0.3 is 0 Å². The molecule has 0 heterocycles. The van der Waals surface area contributed by atoms with Gasteiger partial charge >= 0.3 is 0 Å². The van der Waals surface area contributed by atoms with Gasteiger partial charge in [-0.2, -0.15) is 4.65 Å². The lowest BCUT2D eigenvalue weighted by Gasteiger charge is -2.27. The molecule has 0 spiro atoms. The molecule has 2 heteroatoms. The van der Waals surface area contributed by atoms with Crippen molar-refractivity contribution in [3.63, 3.8) is 0 Å². The highest BCUT2D eigenvalue weighted by atomic mass is 16.5. The molecule has 0 aliphatic rings. The Morgan fingerprint density at radius 1 is 1.00 bits per heavy atom. The number of quaternary nitrogens is 1. The van der Waals surface area contributed by atoms with Crippen LogP contribution in [0.4, 0.5) is 0 Å². The van der Waals surface area contributed by atoms with Gasteiger partial charge in [0.2, 0.25) is 0 Å². The van der Waals surface area contributed by atoms with Crippen molar-refractivity contribution in [2.45, 2.75) is 64.8 Å². The molecule has 0 aromatic rings. The molecular weight excluding hydrogens is 174 g/mol. The van der Waals surface area contributed by atoms with Crippen LogP contribution in [0.1, 0.15) is 58.8 Å². The lowest BCUT2D eigenvalue weighted by atomic mass is 10.1. The van der Waals surface area contributed by atoms with E-state index in [0.717, 1.165) is 6.42 Å². The Kier molecular flexibility index (Phi) is 7.20. The van der Waals surface area contributed by atoms with E-state index in [-0.39, 0.29) is 4.65 Å². The Bertz CT molecular complexity index is 129. The highest BCUT2D eigenvalue weighted by Gasteiger charge is 2.20.